The summed E-state index contributed by atoms with van der Waals surface area (Å²) in [7, 11) is 0. The average molecular weight is 927 g/mol. The standard InChI is InChI=1S/C71H42O2/c1-3-20-45(21-4-1)71(46-22-5-2-6-23-46)60-35-12-11-26-51(60)56-33-15-34-57(70(56)71)65-54-29-13-27-49(52-31-16-36-61-68(52)66-47-24-9-7-18-43(47)38-40-63(66)72-61)58(54)42-59-50(28-14-30-55(59)65)53-32-17-37-62-69(53)67-48-25-10-8-19-44(48)39-41-64(67)73-62/h1-42H. The van der Waals surface area contributed by atoms with Crippen LogP contribution in [0.2, 0.25) is 0 Å². The van der Waals surface area contributed by atoms with Gasteiger partial charge < -0.3 is 8.83 Å². The van der Waals surface area contributed by atoms with Crippen LogP contribution in [-0.4, -0.2) is 0 Å². The average Bonchev–Trinajstić information content (AvgIpc) is 4.14. The maximum absolute atomic E-state index is 6.75. The van der Waals surface area contributed by atoms with Crippen LogP contribution in [0.25, 0.3) is 131 Å². The molecule has 0 saturated heterocycles. The molecule has 73 heavy (non-hydrogen) atoms. The molecule has 1 aliphatic rings. The van der Waals surface area contributed by atoms with Crippen molar-refractivity contribution in [2.24, 2.45) is 0 Å². The SMILES string of the molecule is c1ccc(C2(c3ccccc3)c3ccccc3-c3cccc(-c4c5cccc(-c6cccc7oc8ccc9ccccc9c8c67)c5cc5c(-c6cccc7oc8ccc9ccccc9c8c67)cccc45)c32)cc1. The van der Waals surface area contributed by atoms with Crippen molar-refractivity contribution in [3.8, 4) is 44.5 Å². The van der Waals surface area contributed by atoms with Crippen molar-refractivity contribution >= 4 is 87.0 Å². The Balaban J connectivity index is 1.09. The third-order valence-corrected chi connectivity index (χ3v) is 16.1. The highest BCUT2D eigenvalue weighted by molar-refractivity contribution is 6.28. The van der Waals surface area contributed by atoms with Crippen LogP contribution < -0.4 is 0 Å². The van der Waals surface area contributed by atoms with Gasteiger partial charge in [0.15, 0.2) is 0 Å². The molecule has 2 heterocycles. The van der Waals surface area contributed by atoms with Gasteiger partial charge in [0.1, 0.15) is 22.3 Å². The predicted molar refractivity (Wildman–Crippen MR) is 305 cm³/mol. The third-order valence-electron chi connectivity index (χ3n) is 16.1. The fraction of sp³-hybridized carbons (Fsp3) is 0.0141. The summed E-state index contributed by atoms with van der Waals surface area (Å²) >= 11 is 0. The van der Waals surface area contributed by atoms with Crippen LogP contribution in [0.5, 0.6) is 0 Å². The zero-order valence-electron chi connectivity index (χ0n) is 39.6. The monoisotopic (exact) mass is 926 g/mol. The van der Waals surface area contributed by atoms with E-state index in [-0.39, 0.29) is 0 Å². The normalized spacial score (nSPS) is 13.0. The van der Waals surface area contributed by atoms with Crippen molar-refractivity contribution in [2.45, 2.75) is 5.41 Å². The van der Waals surface area contributed by atoms with Gasteiger partial charge in [-0.2, -0.15) is 0 Å². The van der Waals surface area contributed by atoms with E-state index in [9.17, 15) is 0 Å². The Kier molecular flexibility index (Phi) is 8.41. The fourth-order valence-electron chi connectivity index (χ4n) is 13.3. The largest absolute Gasteiger partial charge is 0.456 e. The molecule has 0 radical (unpaired) electrons. The Morgan fingerprint density at radius 1 is 0.247 bits per heavy atom. The first-order valence-corrected chi connectivity index (χ1v) is 25.2. The highest BCUT2D eigenvalue weighted by Crippen LogP contribution is 2.60. The molecule has 2 aromatic heterocycles. The fourth-order valence-corrected chi connectivity index (χ4v) is 13.3. The van der Waals surface area contributed by atoms with E-state index in [0.717, 1.165) is 66.1 Å². The molecule has 1 aliphatic carbocycles. The van der Waals surface area contributed by atoms with E-state index < -0.39 is 5.41 Å². The van der Waals surface area contributed by atoms with Crippen LogP contribution in [0, 0.1) is 0 Å². The Bertz CT molecular complexity index is 4530. The van der Waals surface area contributed by atoms with Gasteiger partial charge in [0.05, 0.1) is 5.41 Å². The zero-order valence-corrected chi connectivity index (χ0v) is 39.6. The van der Waals surface area contributed by atoms with Crippen LogP contribution in [-0.2, 0) is 5.41 Å². The molecule has 2 heteroatoms. The van der Waals surface area contributed by atoms with E-state index >= 15 is 0 Å². The van der Waals surface area contributed by atoms with E-state index in [1.54, 1.807) is 0 Å². The number of hydrogen-bond donors (Lipinski definition) is 0. The Labute approximate surface area is 420 Å². The number of hydrogen-bond acceptors (Lipinski definition) is 2. The van der Waals surface area contributed by atoms with Crippen molar-refractivity contribution in [2.75, 3.05) is 0 Å². The van der Waals surface area contributed by atoms with Gasteiger partial charge in [-0.15, -0.1) is 0 Å². The van der Waals surface area contributed by atoms with Crippen LogP contribution in [0.3, 0.4) is 0 Å². The number of rotatable bonds is 5. The van der Waals surface area contributed by atoms with E-state index in [0.29, 0.717) is 0 Å². The minimum Gasteiger partial charge on any atom is -0.456 e. The second-order valence-electron chi connectivity index (χ2n) is 19.7. The molecule has 0 spiro atoms. The van der Waals surface area contributed by atoms with Gasteiger partial charge in [-0.3, -0.25) is 0 Å². The second kappa shape index (κ2) is 15.3. The van der Waals surface area contributed by atoms with Crippen molar-refractivity contribution in [1.29, 1.82) is 0 Å². The number of fused-ring (bicyclic) bond motifs is 15. The molecular weight excluding hydrogens is 885 g/mol. The molecule has 0 unspecified atom stereocenters. The van der Waals surface area contributed by atoms with Crippen LogP contribution >= 0.6 is 0 Å². The van der Waals surface area contributed by atoms with Crippen molar-refractivity contribution in [3.05, 3.63) is 277 Å². The summed E-state index contributed by atoms with van der Waals surface area (Å²) in [6.45, 7) is 0. The Morgan fingerprint density at radius 2 is 0.658 bits per heavy atom. The summed E-state index contributed by atoms with van der Waals surface area (Å²) < 4.78 is 13.5. The second-order valence-corrected chi connectivity index (χ2v) is 19.7. The smallest absolute Gasteiger partial charge is 0.136 e. The maximum Gasteiger partial charge on any atom is 0.136 e. The maximum atomic E-state index is 6.75. The predicted octanol–water partition coefficient (Wildman–Crippen LogP) is 19.5. The van der Waals surface area contributed by atoms with Crippen LogP contribution in [0.15, 0.2) is 264 Å². The van der Waals surface area contributed by atoms with E-state index in [4.69, 9.17) is 8.83 Å². The minimum atomic E-state index is -0.626. The van der Waals surface area contributed by atoms with Gasteiger partial charge in [-0.1, -0.05) is 224 Å². The molecule has 16 rings (SSSR count). The van der Waals surface area contributed by atoms with Gasteiger partial charge in [-0.25, -0.2) is 0 Å². The minimum absolute atomic E-state index is 0.626. The van der Waals surface area contributed by atoms with Crippen molar-refractivity contribution in [1.82, 2.24) is 0 Å². The zero-order chi connectivity index (χ0) is 47.8. The van der Waals surface area contributed by atoms with Gasteiger partial charge in [0.2, 0.25) is 0 Å². The molecule has 0 N–H and O–H groups in total. The molecule has 2 nitrogen and oxygen atoms in total. The van der Waals surface area contributed by atoms with Gasteiger partial charge >= 0.3 is 0 Å². The summed E-state index contributed by atoms with van der Waals surface area (Å²) in [5, 5.41) is 14.0. The van der Waals surface area contributed by atoms with Crippen molar-refractivity contribution < 1.29 is 8.83 Å². The lowest BCUT2D eigenvalue weighted by atomic mass is 9.65. The molecule has 0 amide bonds. The van der Waals surface area contributed by atoms with Crippen LogP contribution in [0.1, 0.15) is 22.3 Å². The highest BCUT2D eigenvalue weighted by atomic mass is 16.3. The topological polar surface area (TPSA) is 26.3 Å². The summed E-state index contributed by atoms with van der Waals surface area (Å²) in [6, 6.07) is 93.9. The van der Waals surface area contributed by atoms with Gasteiger partial charge in [-0.05, 0) is 140 Å². The molecule has 0 saturated carbocycles. The summed E-state index contributed by atoms with van der Waals surface area (Å²) in [4.78, 5) is 0. The Hall–Kier alpha value is -9.50. The molecule has 0 bridgehead atoms. The quantitative estimate of drug-likeness (QED) is 0.161. The van der Waals surface area contributed by atoms with Crippen molar-refractivity contribution in [3.63, 3.8) is 0 Å². The number of benzene rings is 13. The van der Waals surface area contributed by atoms with Gasteiger partial charge in [0.25, 0.3) is 0 Å². The lowest BCUT2D eigenvalue weighted by Gasteiger charge is -2.35. The van der Waals surface area contributed by atoms with E-state index in [1.807, 2.05) is 0 Å². The molecule has 15 aromatic rings. The van der Waals surface area contributed by atoms with Crippen LogP contribution in [0.4, 0.5) is 0 Å². The first-order valence-electron chi connectivity index (χ1n) is 25.2. The first kappa shape index (κ1) is 40.3. The summed E-state index contributed by atoms with van der Waals surface area (Å²) in [6.07, 6.45) is 0. The number of furan rings is 2. The summed E-state index contributed by atoms with van der Waals surface area (Å²) in [5.74, 6) is 0. The molecule has 338 valence electrons. The molecule has 0 aliphatic heterocycles. The van der Waals surface area contributed by atoms with E-state index in [1.165, 1.54) is 87.6 Å². The molecule has 0 atom stereocenters. The lowest BCUT2D eigenvalue weighted by Crippen LogP contribution is -2.29. The lowest BCUT2D eigenvalue weighted by molar-refractivity contribution is 0.669. The highest BCUT2D eigenvalue weighted by Gasteiger charge is 2.47. The molecule has 13 aromatic carbocycles. The first-order chi connectivity index (χ1) is 36.2. The third kappa shape index (κ3) is 5.52. The molecule has 0 fully saturated rings. The van der Waals surface area contributed by atoms with E-state index in [2.05, 4.69) is 255 Å². The summed E-state index contributed by atoms with van der Waals surface area (Å²) in [5.41, 5.74) is 17.5. The molecular formula is C71H42O2. The van der Waals surface area contributed by atoms with Gasteiger partial charge in [0, 0.05) is 21.5 Å². The Morgan fingerprint density at radius 3 is 1.23 bits per heavy atom.